The van der Waals surface area contributed by atoms with E-state index in [0.29, 0.717) is 24.9 Å². The molecule has 1 unspecified atom stereocenters. The number of nitrogens with one attached hydrogen (secondary N) is 1. The summed E-state index contributed by atoms with van der Waals surface area (Å²) in [6, 6.07) is 1.45. The summed E-state index contributed by atoms with van der Waals surface area (Å²) >= 11 is 0. The predicted molar refractivity (Wildman–Crippen MR) is 80.9 cm³/mol. The van der Waals surface area contributed by atoms with Gasteiger partial charge in [0.15, 0.2) is 11.6 Å². The van der Waals surface area contributed by atoms with Crippen molar-refractivity contribution in [2.24, 2.45) is 0 Å². The Morgan fingerprint density at radius 3 is 3.05 bits per heavy atom. The van der Waals surface area contributed by atoms with E-state index in [-0.39, 0.29) is 17.6 Å². The molecule has 1 atom stereocenters. The second-order valence-electron chi connectivity index (χ2n) is 5.48. The van der Waals surface area contributed by atoms with Gasteiger partial charge in [0.2, 0.25) is 5.91 Å². The van der Waals surface area contributed by atoms with E-state index in [0.717, 1.165) is 30.4 Å². The Balaban J connectivity index is 2.19. The molecule has 0 saturated heterocycles. The van der Waals surface area contributed by atoms with Crippen LogP contribution in [0.5, 0.6) is 5.75 Å². The monoisotopic (exact) mass is 291 g/mol. The summed E-state index contributed by atoms with van der Waals surface area (Å²) in [7, 11) is 0. The first-order chi connectivity index (χ1) is 10.1. The number of hydrogen-bond donors (Lipinski definition) is 2. The molecular formula is C17H22FNO2. The van der Waals surface area contributed by atoms with Crippen molar-refractivity contribution in [3.8, 4) is 5.75 Å². The highest BCUT2D eigenvalue weighted by molar-refractivity contribution is 5.75. The molecule has 2 N–H and O–H groups in total. The Kier molecular flexibility index (Phi) is 4.99. The second kappa shape index (κ2) is 6.74. The molecule has 0 bridgehead atoms. The van der Waals surface area contributed by atoms with Crippen molar-refractivity contribution >= 4 is 5.91 Å². The van der Waals surface area contributed by atoms with Gasteiger partial charge in [-0.1, -0.05) is 13.0 Å². The highest BCUT2D eigenvalue weighted by atomic mass is 19.1. The van der Waals surface area contributed by atoms with Gasteiger partial charge in [-0.25, -0.2) is 4.39 Å². The van der Waals surface area contributed by atoms with Gasteiger partial charge in [-0.05, 0) is 48.8 Å². The van der Waals surface area contributed by atoms with Gasteiger partial charge in [0.1, 0.15) is 0 Å². The number of fused-ring (bicyclic) bond motifs is 1. The highest BCUT2D eigenvalue weighted by Gasteiger charge is 2.28. The molecule has 0 spiro atoms. The van der Waals surface area contributed by atoms with Crippen LogP contribution in [0.15, 0.2) is 18.7 Å². The molecule has 1 aliphatic carbocycles. The smallest absolute Gasteiger partial charge is 0.219 e. The van der Waals surface area contributed by atoms with Gasteiger partial charge >= 0.3 is 0 Å². The zero-order chi connectivity index (χ0) is 15.4. The Morgan fingerprint density at radius 1 is 1.62 bits per heavy atom. The number of carbonyl (C=O) groups is 1. The molecule has 114 valence electrons. The first-order valence-electron chi connectivity index (χ1n) is 7.49. The van der Waals surface area contributed by atoms with Crippen LogP contribution >= 0.6 is 0 Å². The molecule has 0 saturated carbocycles. The van der Waals surface area contributed by atoms with Gasteiger partial charge in [-0.3, -0.25) is 4.79 Å². The van der Waals surface area contributed by atoms with Crippen molar-refractivity contribution in [3.63, 3.8) is 0 Å². The van der Waals surface area contributed by atoms with E-state index in [4.69, 9.17) is 0 Å². The van der Waals surface area contributed by atoms with E-state index in [1.807, 2.05) is 6.92 Å². The predicted octanol–water partition coefficient (Wildman–Crippen LogP) is 3.21. The number of aryl methyl sites for hydroxylation is 1. The van der Waals surface area contributed by atoms with Crippen LogP contribution in [-0.2, 0) is 17.6 Å². The first kappa shape index (κ1) is 15.5. The number of halogens is 1. The van der Waals surface area contributed by atoms with E-state index < -0.39 is 5.82 Å². The van der Waals surface area contributed by atoms with Crippen LogP contribution in [0.3, 0.4) is 0 Å². The van der Waals surface area contributed by atoms with Crippen molar-refractivity contribution in [2.45, 2.75) is 44.9 Å². The lowest BCUT2D eigenvalue weighted by molar-refractivity contribution is -0.120. The summed E-state index contributed by atoms with van der Waals surface area (Å²) in [4.78, 5) is 11.3. The Bertz CT molecular complexity index is 554. The molecule has 1 aromatic carbocycles. The number of phenolic OH excluding ortho intramolecular Hbond substituents is 1. The lowest BCUT2D eigenvalue weighted by atomic mass is 9.91. The number of rotatable bonds is 6. The van der Waals surface area contributed by atoms with Crippen molar-refractivity contribution in [1.82, 2.24) is 5.32 Å². The molecule has 4 heteroatoms. The van der Waals surface area contributed by atoms with Crippen LogP contribution in [0.25, 0.3) is 0 Å². The van der Waals surface area contributed by atoms with E-state index >= 15 is 0 Å². The molecule has 1 aliphatic rings. The lowest BCUT2D eigenvalue weighted by Gasteiger charge is -2.17. The SMILES string of the molecule is C=CCc1c(O)c(F)cc2c1C(CCNC(=O)CC)CC2. The number of aromatic hydroxyl groups is 1. The quantitative estimate of drug-likeness (QED) is 0.791. The maximum absolute atomic E-state index is 13.7. The van der Waals surface area contributed by atoms with Gasteiger partial charge in [0.25, 0.3) is 0 Å². The minimum atomic E-state index is -0.550. The molecule has 1 amide bonds. The third-order valence-electron chi connectivity index (χ3n) is 4.14. The first-order valence-corrected chi connectivity index (χ1v) is 7.49. The maximum atomic E-state index is 13.7. The van der Waals surface area contributed by atoms with Crippen molar-refractivity contribution in [1.29, 1.82) is 0 Å². The van der Waals surface area contributed by atoms with Gasteiger partial charge < -0.3 is 10.4 Å². The summed E-state index contributed by atoms with van der Waals surface area (Å²) in [5, 5.41) is 12.8. The summed E-state index contributed by atoms with van der Waals surface area (Å²) in [6.45, 7) is 6.12. The maximum Gasteiger partial charge on any atom is 0.219 e. The highest BCUT2D eigenvalue weighted by Crippen LogP contribution is 2.42. The Labute approximate surface area is 124 Å². The van der Waals surface area contributed by atoms with Crippen LogP contribution in [0.1, 0.15) is 48.8 Å². The van der Waals surface area contributed by atoms with Crippen LogP contribution in [0.2, 0.25) is 0 Å². The van der Waals surface area contributed by atoms with Gasteiger partial charge in [0, 0.05) is 18.5 Å². The molecule has 21 heavy (non-hydrogen) atoms. The molecule has 0 radical (unpaired) electrons. The number of amides is 1. The molecule has 3 nitrogen and oxygen atoms in total. The summed E-state index contributed by atoms with van der Waals surface area (Å²) in [6.07, 6.45) is 5.20. The van der Waals surface area contributed by atoms with E-state index in [1.165, 1.54) is 6.07 Å². The lowest BCUT2D eigenvalue weighted by Crippen LogP contribution is -2.24. The number of allylic oxidation sites excluding steroid dienone is 1. The summed E-state index contributed by atoms with van der Waals surface area (Å²) in [5.41, 5.74) is 2.69. The fraction of sp³-hybridized carbons (Fsp3) is 0.471. The van der Waals surface area contributed by atoms with E-state index in [1.54, 1.807) is 6.08 Å². The Morgan fingerprint density at radius 2 is 2.38 bits per heavy atom. The largest absolute Gasteiger partial charge is 0.505 e. The molecule has 0 aliphatic heterocycles. The van der Waals surface area contributed by atoms with Crippen LogP contribution in [0, 0.1) is 5.82 Å². The summed E-state index contributed by atoms with van der Waals surface area (Å²) in [5.74, 6) is -0.497. The van der Waals surface area contributed by atoms with Crippen LogP contribution in [-0.4, -0.2) is 17.6 Å². The molecule has 0 aromatic heterocycles. The molecule has 1 aromatic rings. The standard InChI is InChI=1S/C17H22FNO2/c1-3-5-13-16-11(8-9-19-15(20)4-2)6-7-12(16)10-14(18)17(13)21/h3,10-11,21H,1,4-9H2,2H3,(H,19,20). The number of phenols is 1. The van der Waals surface area contributed by atoms with E-state index in [9.17, 15) is 14.3 Å². The second-order valence-corrected chi connectivity index (χ2v) is 5.48. The molecule has 2 rings (SSSR count). The summed E-state index contributed by atoms with van der Waals surface area (Å²) < 4.78 is 13.7. The normalized spacial score (nSPS) is 16.6. The van der Waals surface area contributed by atoms with E-state index in [2.05, 4.69) is 11.9 Å². The van der Waals surface area contributed by atoms with Crippen LogP contribution < -0.4 is 5.32 Å². The van der Waals surface area contributed by atoms with Crippen molar-refractivity contribution in [3.05, 3.63) is 41.2 Å². The van der Waals surface area contributed by atoms with Gasteiger partial charge in [0.05, 0.1) is 0 Å². The fourth-order valence-corrected chi connectivity index (χ4v) is 3.10. The third-order valence-corrected chi connectivity index (χ3v) is 4.14. The third kappa shape index (κ3) is 3.26. The minimum absolute atomic E-state index is 0.0430. The Hall–Kier alpha value is -1.84. The number of hydrogen-bond acceptors (Lipinski definition) is 2. The average molecular weight is 291 g/mol. The van der Waals surface area contributed by atoms with Crippen LogP contribution in [0.4, 0.5) is 4.39 Å². The molecule has 0 fully saturated rings. The zero-order valence-electron chi connectivity index (χ0n) is 12.4. The molecular weight excluding hydrogens is 269 g/mol. The van der Waals surface area contributed by atoms with Gasteiger partial charge in [-0.2, -0.15) is 0 Å². The fourth-order valence-electron chi connectivity index (χ4n) is 3.10. The molecule has 0 heterocycles. The van der Waals surface area contributed by atoms with Gasteiger partial charge in [-0.15, -0.1) is 6.58 Å². The number of carbonyl (C=O) groups excluding carboxylic acids is 1. The zero-order valence-corrected chi connectivity index (χ0v) is 12.4. The van der Waals surface area contributed by atoms with Crippen molar-refractivity contribution in [2.75, 3.05) is 6.54 Å². The van der Waals surface area contributed by atoms with Crippen molar-refractivity contribution < 1.29 is 14.3 Å². The topological polar surface area (TPSA) is 49.3 Å². The minimum Gasteiger partial charge on any atom is -0.505 e. The average Bonchev–Trinajstić information content (AvgIpc) is 2.86. The number of benzene rings is 1.